The fourth-order valence-electron chi connectivity index (χ4n) is 3.48. The zero-order chi connectivity index (χ0) is 13.9. The number of rotatable bonds is 4. The highest BCUT2D eigenvalue weighted by Crippen LogP contribution is 2.40. The highest BCUT2D eigenvalue weighted by Gasteiger charge is 2.39. The fourth-order valence-corrected chi connectivity index (χ4v) is 3.48. The normalized spacial score (nSPS) is 20.2. The van der Waals surface area contributed by atoms with E-state index in [0.29, 0.717) is 0 Å². The van der Waals surface area contributed by atoms with E-state index >= 15 is 0 Å². The van der Waals surface area contributed by atoms with Crippen LogP contribution in [-0.2, 0) is 4.74 Å². The van der Waals surface area contributed by atoms with Crippen molar-refractivity contribution in [3.8, 4) is 0 Å². The van der Waals surface area contributed by atoms with Crippen molar-refractivity contribution in [1.29, 1.82) is 0 Å². The molecule has 0 spiro atoms. The number of hydrogen-bond donors (Lipinski definition) is 1. The van der Waals surface area contributed by atoms with Crippen molar-refractivity contribution in [2.75, 3.05) is 6.61 Å². The Morgan fingerprint density at radius 1 is 1.11 bits per heavy atom. The molecule has 2 N–H and O–H groups in total. The van der Waals surface area contributed by atoms with Gasteiger partial charge in [-0.3, -0.25) is 0 Å². The summed E-state index contributed by atoms with van der Waals surface area (Å²) in [5.74, 6) is 0. The van der Waals surface area contributed by atoms with Gasteiger partial charge >= 0.3 is 0 Å². The van der Waals surface area contributed by atoms with Gasteiger partial charge in [0.25, 0.3) is 0 Å². The van der Waals surface area contributed by atoms with Crippen LogP contribution >= 0.6 is 0 Å². The summed E-state index contributed by atoms with van der Waals surface area (Å²) in [4.78, 5) is 0. The van der Waals surface area contributed by atoms with Crippen molar-refractivity contribution in [2.24, 2.45) is 5.73 Å². The summed E-state index contributed by atoms with van der Waals surface area (Å²) >= 11 is 0. The van der Waals surface area contributed by atoms with E-state index in [4.69, 9.17) is 10.5 Å². The maximum atomic E-state index is 6.60. The number of benzene rings is 1. The second kappa shape index (κ2) is 6.06. The zero-order valence-electron chi connectivity index (χ0n) is 12.5. The van der Waals surface area contributed by atoms with Crippen LogP contribution < -0.4 is 5.73 Å². The summed E-state index contributed by atoms with van der Waals surface area (Å²) < 4.78 is 6.14. The molecule has 2 heteroatoms. The van der Waals surface area contributed by atoms with E-state index in [0.717, 1.165) is 19.4 Å². The van der Waals surface area contributed by atoms with Gasteiger partial charge in [-0.2, -0.15) is 0 Å². The molecule has 0 heterocycles. The lowest BCUT2D eigenvalue weighted by Gasteiger charge is -2.42. The van der Waals surface area contributed by atoms with Gasteiger partial charge < -0.3 is 10.5 Å². The molecule has 106 valence electrons. The molecule has 19 heavy (non-hydrogen) atoms. The lowest BCUT2D eigenvalue weighted by atomic mass is 9.76. The predicted octanol–water partition coefficient (Wildman–Crippen LogP) is 4.04. The van der Waals surface area contributed by atoms with Gasteiger partial charge in [-0.25, -0.2) is 0 Å². The molecule has 1 aliphatic rings. The van der Waals surface area contributed by atoms with Gasteiger partial charge in [0.05, 0.1) is 11.6 Å². The minimum atomic E-state index is -0.146. The maximum Gasteiger partial charge on any atom is 0.0874 e. The van der Waals surface area contributed by atoms with Crippen LogP contribution in [-0.4, -0.2) is 12.2 Å². The molecule has 0 aromatic heterocycles. The molecule has 0 radical (unpaired) electrons. The van der Waals surface area contributed by atoms with E-state index in [1.807, 2.05) is 0 Å². The third kappa shape index (κ3) is 3.18. The van der Waals surface area contributed by atoms with Crippen LogP contribution in [0.1, 0.15) is 61.8 Å². The summed E-state index contributed by atoms with van der Waals surface area (Å²) in [7, 11) is 0. The van der Waals surface area contributed by atoms with E-state index in [2.05, 4.69) is 39.0 Å². The molecule has 1 aromatic rings. The van der Waals surface area contributed by atoms with Crippen molar-refractivity contribution in [1.82, 2.24) is 0 Å². The van der Waals surface area contributed by atoms with Crippen molar-refractivity contribution in [2.45, 2.75) is 64.5 Å². The molecule has 0 saturated heterocycles. The smallest absolute Gasteiger partial charge is 0.0874 e. The van der Waals surface area contributed by atoms with E-state index < -0.39 is 0 Å². The van der Waals surface area contributed by atoms with E-state index in [1.54, 1.807) is 0 Å². The molecule has 0 amide bonds. The Hall–Kier alpha value is -0.860. The van der Waals surface area contributed by atoms with Crippen LogP contribution in [0.15, 0.2) is 18.2 Å². The first kappa shape index (κ1) is 14.5. The zero-order valence-corrected chi connectivity index (χ0v) is 12.5. The quantitative estimate of drug-likeness (QED) is 0.887. The van der Waals surface area contributed by atoms with Gasteiger partial charge in [-0.15, -0.1) is 0 Å². The molecule has 0 aliphatic heterocycles. The molecule has 1 fully saturated rings. The molecule has 1 atom stereocenters. The average Bonchev–Trinajstić information content (AvgIpc) is 2.38. The van der Waals surface area contributed by atoms with E-state index in [-0.39, 0.29) is 11.6 Å². The number of nitrogens with two attached hydrogens (primary N) is 1. The van der Waals surface area contributed by atoms with Gasteiger partial charge in [-0.1, -0.05) is 48.6 Å². The lowest BCUT2D eigenvalue weighted by molar-refractivity contribution is -0.0830. The molecular weight excluding hydrogens is 234 g/mol. The Labute approximate surface area is 117 Å². The number of aryl methyl sites for hydroxylation is 2. The molecule has 1 saturated carbocycles. The van der Waals surface area contributed by atoms with Gasteiger partial charge in [0, 0.05) is 6.61 Å². The van der Waals surface area contributed by atoms with Crippen LogP contribution in [0.5, 0.6) is 0 Å². The highest BCUT2D eigenvalue weighted by molar-refractivity contribution is 5.32. The van der Waals surface area contributed by atoms with Crippen molar-refractivity contribution < 1.29 is 4.74 Å². The van der Waals surface area contributed by atoms with Gasteiger partial charge in [0.15, 0.2) is 0 Å². The van der Waals surface area contributed by atoms with E-state index in [9.17, 15) is 0 Å². The topological polar surface area (TPSA) is 35.2 Å². The molecule has 2 nitrogen and oxygen atoms in total. The Kier molecular flexibility index (Phi) is 4.64. The Morgan fingerprint density at radius 2 is 1.68 bits per heavy atom. The van der Waals surface area contributed by atoms with Crippen LogP contribution in [0, 0.1) is 13.8 Å². The Balaban J connectivity index is 2.30. The molecule has 1 aliphatic carbocycles. The second-order valence-corrected chi connectivity index (χ2v) is 5.96. The van der Waals surface area contributed by atoms with Gasteiger partial charge in [0.2, 0.25) is 0 Å². The molecular formula is C17H27NO. The third-order valence-electron chi connectivity index (χ3n) is 4.30. The molecule has 1 unspecified atom stereocenters. The fraction of sp³-hybridized carbons (Fsp3) is 0.647. The Morgan fingerprint density at radius 3 is 2.21 bits per heavy atom. The third-order valence-corrected chi connectivity index (χ3v) is 4.30. The SMILES string of the molecule is CCOC1(C(N)c2cc(C)cc(C)c2)CCCCC1. The summed E-state index contributed by atoms with van der Waals surface area (Å²) in [5, 5.41) is 0. The van der Waals surface area contributed by atoms with Crippen LogP contribution in [0.3, 0.4) is 0 Å². The minimum absolute atomic E-state index is 0.00801. The summed E-state index contributed by atoms with van der Waals surface area (Å²) in [6, 6.07) is 6.62. The van der Waals surface area contributed by atoms with Gasteiger partial charge in [-0.05, 0) is 39.2 Å². The Bertz CT molecular complexity index is 396. The molecule has 1 aromatic carbocycles. The lowest BCUT2D eigenvalue weighted by Crippen LogP contribution is -2.45. The van der Waals surface area contributed by atoms with Crippen molar-refractivity contribution >= 4 is 0 Å². The van der Waals surface area contributed by atoms with Gasteiger partial charge in [0.1, 0.15) is 0 Å². The number of hydrogen-bond acceptors (Lipinski definition) is 2. The molecule has 2 rings (SSSR count). The highest BCUT2D eigenvalue weighted by atomic mass is 16.5. The average molecular weight is 261 g/mol. The molecule has 0 bridgehead atoms. The maximum absolute atomic E-state index is 6.60. The van der Waals surface area contributed by atoms with Crippen LogP contribution in [0.2, 0.25) is 0 Å². The minimum Gasteiger partial charge on any atom is -0.373 e. The summed E-state index contributed by atoms with van der Waals surface area (Å²) in [5.41, 5.74) is 10.3. The van der Waals surface area contributed by atoms with Crippen LogP contribution in [0.25, 0.3) is 0 Å². The summed E-state index contributed by atoms with van der Waals surface area (Å²) in [6.45, 7) is 7.10. The predicted molar refractivity (Wildman–Crippen MR) is 80.3 cm³/mol. The monoisotopic (exact) mass is 261 g/mol. The number of ether oxygens (including phenoxy) is 1. The van der Waals surface area contributed by atoms with Crippen molar-refractivity contribution in [3.63, 3.8) is 0 Å². The van der Waals surface area contributed by atoms with Crippen LogP contribution in [0.4, 0.5) is 0 Å². The first-order chi connectivity index (χ1) is 9.07. The standard InChI is InChI=1S/C17H27NO/c1-4-19-17(8-6-5-7-9-17)16(18)15-11-13(2)10-14(3)12-15/h10-12,16H,4-9,18H2,1-3H3. The second-order valence-electron chi connectivity index (χ2n) is 5.96. The van der Waals surface area contributed by atoms with E-state index in [1.165, 1.54) is 36.0 Å². The van der Waals surface area contributed by atoms with Crippen molar-refractivity contribution in [3.05, 3.63) is 34.9 Å². The first-order valence-electron chi connectivity index (χ1n) is 7.55. The first-order valence-corrected chi connectivity index (χ1v) is 7.55. The summed E-state index contributed by atoms with van der Waals surface area (Å²) in [6.07, 6.45) is 5.97. The largest absolute Gasteiger partial charge is 0.373 e.